The van der Waals surface area contributed by atoms with Gasteiger partial charge in [-0.3, -0.25) is 4.99 Å². The van der Waals surface area contributed by atoms with Crippen molar-refractivity contribution in [2.24, 2.45) is 10.9 Å². The Kier molecular flexibility index (Phi) is 8.97. The molecule has 1 rings (SSSR count). The van der Waals surface area contributed by atoms with Gasteiger partial charge in [-0.15, -0.1) is 24.0 Å². The number of hydrogen-bond donors (Lipinski definition) is 2. The van der Waals surface area contributed by atoms with Crippen molar-refractivity contribution in [3.8, 4) is 6.07 Å². The second-order valence-corrected chi connectivity index (χ2v) is 4.91. The van der Waals surface area contributed by atoms with E-state index in [2.05, 4.69) is 42.5 Å². The third-order valence-electron chi connectivity index (χ3n) is 3.10. The van der Waals surface area contributed by atoms with Crippen LogP contribution in [0.5, 0.6) is 0 Å². The number of halogens is 1. The average Bonchev–Trinajstić information content (AvgIpc) is 2.43. The molecule has 0 aliphatic carbocycles. The van der Waals surface area contributed by atoms with Gasteiger partial charge in [0.2, 0.25) is 0 Å². The lowest BCUT2D eigenvalue weighted by atomic mass is 10.1. The van der Waals surface area contributed by atoms with E-state index in [0.29, 0.717) is 24.1 Å². The van der Waals surface area contributed by atoms with E-state index in [4.69, 9.17) is 5.26 Å². The summed E-state index contributed by atoms with van der Waals surface area (Å²) in [4.78, 5) is 4.20. The molecule has 5 heteroatoms. The molecule has 0 saturated carbocycles. The topological polar surface area (TPSA) is 60.2 Å². The molecule has 0 saturated heterocycles. The zero-order chi connectivity index (χ0) is 14.3. The van der Waals surface area contributed by atoms with E-state index < -0.39 is 0 Å². The zero-order valence-electron chi connectivity index (χ0n) is 12.5. The minimum absolute atomic E-state index is 0. The number of nitriles is 1. The van der Waals surface area contributed by atoms with Gasteiger partial charge in [0.15, 0.2) is 5.96 Å². The molecular formula is C15H23IN4. The summed E-state index contributed by atoms with van der Waals surface area (Å²) in [6, 6.07) is 10.1. The van der Waals surface area contributed by atoms with E-state index in [1.165, 1.54) is 0 Å². The fourth-order valence-electron chi connectivity index (χ4n) is 1.51. The first-order valence-electron chi connectivity index (χ1n) is 6.53. The molecule has 0 spiro atoms. The molecular weight excluding hydrogens is 363 g/mol. The summed E-state index contributed by atoms with van der Waals surface area (Å²) in [6.07, 6.45) is 0. The van der Waals surface area contributed by atoms with E-state index in [9.17, 15) is 0 Å². The van der Waals surface area contributed by atoms with Crippen LogP contribution in [0.1, 0.15) is 31.9 Å². The third-order valence-corrected chi connectivity index (χ3v) is 3.10. The molecule has 0 radical (unpaired) electrons. The second-order valence-electron chi connectivity index (χ2n) is 4.91. The van der Waals surface area contributed by atoms with Crippen LogP contribution in [-0.4, -0.2) is 19.0 Å². The molecule has 0 heterocycles. The first-order chi connectivity index (χ1) is 9.06. The Bertz CT molecular complexity index is 477. The van der Waals surface area contributed by atoms with Crippen LogP contribution in [0, 0.1) is 17.2 Å². The molecule has 1 atom stereocenters. The predicted octanol–water partition coefficient (Wildman–Crippen LogP) is 2.89. The number of guanidine groups is 1. The van der Waals surface area contributed by atoms with Crippen LogP contribution in [0.2, 0.25) is 0 Å². The molecule has 0 aromatic heterocycles. The molecule has 2 N–H and O–H groups in total. The number of rotatable bonds is 4. The van der Waals surface area contributed by atoms with Gasteiger partial charge >= 0.3 is 0 Å². The van der Waals surface area contributed by atoms with Crippen LogP contribution in [0.25, 0.3) is 0 Å². The molecule has 0 fully saturated rings. The van der Waals surface area contributed by atoms with Crippen molar-refractivity contribution < 1.29 is 0 Å². The van der Waals surface area contributed by atoms with Crippen LogP contribution in [0.3, 0.4) is 0 Å². The highest BCUT2D eigenvalue weighted by atomic mass is 127. The lowest BCUT2D eigenvalue weighted by molar-refractivity contribution is 0.481. The highest BCUT2D eigenvalue weighted by Crippen LogP contribution is 2.04. The van der Waals surface area contributed by atoms with E-state index in [0.717, 1.165) is 11.5 Å². The first-order valence-corrected chi connectivity index (χ1v) is 6.53. The molecule has 110 valence electrons. The van der Waals surface area contributed by atoms with Gasteiger partial charge in [-0.1, -0.05) is 26.0 Å². The molecule has 1 unspecified atom stereocenters. The van der Waals surface area contributed by atoms with Gasteiger partial charge in [-0.2, -0.15) is 5.26 Å². The third kappa shape index (κ3) is 6.24. The molecule has 0 bridgehead atoms. The van der Waals surface area contributed by atoms with Crippen molar-refractivity contribution in [2.75, 3.05) is 7.05 Å². The normalized spacial score (nSPS) is 12.3. The fraction of sp³-hybridized carbons (Fsp3) is 0.467. The summed E-state index contributed by atoms with van der Waals surface area (Å²) < 4.78 is 0. The molecule has 0 aliphatic heterocycles. The standard InChI is InChI=1S/C15H22N4.HI/c1-11(2)12(3)19-15(17-4)18-10-14-7-5-6-13(8-14)9-16;/h5-8,11-12H,10H2,1-4H3,(H2,17,18,19);1H. The van der Waals surface area contributed by atoms with Crippen molar-refractivity contribution >= 4 is 29.9 Å². The van der Waals surface area contributed by atoms with Crippen molar-refractivity contribution in [1.29, 1.82) is 5.26 Å². The highest BCUT2D eigenvalue weighted by Gasteiger charge is 2.08. The largest absolute Gasteiger partial charge is 0.354 e. The highest BCUT2D eigenvalue weighted by molar-refractivity contribution is 14.0. The number of aliphatic imine (C=N–C) groups is 1. The van der Waals surface area contributed by atoms with E-state index in [-0.39, 0.29) is 24.0 Å². The van der Waals surface area contributed by atoms with Crippen molar-refractivity contribution in [1.82, 2.24) is 10.6 Å². The predicted molar refractivity (Wildman–Crippen MR) is 94.2 cm³/mol. The molecule has 0 amide bonds. The summed E-state index contributed by atoms with van der Waals surface area (Å²) in [5, 5.41) is 15.5. The molecule has 1 aromatic rings. The smallest absolute Gasteiger partial charge is 0.191 e. The number of benzene rings is 1. The fourth-order valence-corrected chi connectivity index (χ4v) is 1.51. The SMILES string of the molecule is CN=C(NCc1cccc(C#N)c1)NC(C)C(C)C.I. The second kappa shape index (κ2) is 9.59. The van der Waals surface area contributed by atoms with Gasteiger partial charge in [0.1, 0.15) is 0 Å². The van der Waals surface area contributed by atoms with Crippen molar-refractivity contribution in [2.45, 2.75) is 33.4 Å². The van der Waals surface area contributed by atoms with E-state index >= 15 is 0 Å². The van der Waals surface area contributed by atoms with E-state index in [1.54, 1.807) is 13.1 Å². The Morgan fingerprint density at radius 3 is 2.60 bits per heavy atom. The Morgan fingerprint density at radius 1 is 1.35 bits per heavy atom. The van der Waals surface area contributed by atoms with Crippen molar-refractivity contribution in [3.05, 3.63) is 35.4 Å². The lowest BCUT2D eigenvalue weighted by Crippen LogP contribution is -2.43. The summed E-state index contributed by atoms with van der Waals surface area (Å²) in [5.74, 6) is 1.32. The summed E-state index contributed by atoms with van der Waals surface area (Å²) >= 11 is 0. The maximum Gasteiger partial charge on any atom is 0.191 e. The van der Waals surface area contributed by atoms with Crippen LogP contribution in [0.15, 0.2) is 29.3 Å². The Morgan fingerprint density at radius 2 is 2.05 bits per heavy atom. The van der Waals surface area contributed by atoms with Crippen LogP contribution >= 0.6 is 24.0 Å². The van der Waals surface area contributed by atoms with Gasteiger partial charge in [0.25, 0.3) is 0 Å². The van der Waals surface area contributed by atoms with Crippen LogP contribution in [-0.2, 0) is 6.54 Å². The first kappa shape index (κ1) is 18.7. The number of hydrogen-bond acceptors (Lipinski definition) is 2. The summed E-state index contributed by atoms with van der Waals surface area (Å²) in [5.41, 5.74) is 1.75. The Balaban J connectivity index is 0.00000361. The Labute approximate surface area is 138 Å². The summed E-state index contributed by atoms with van der Waals surface area (Å²) in [7, 11) is 1.76. The van der Waals surface area contributed by atoms with Gasteiger partial charge in [-0.05, 0) is 30.5 Å². The minimum atomic E-state index is 0. The molecule has 1 aromatic carbocycles. The van der Waals surface area contributed by atoms with Gasteiger partial charge in [0.05, 0.1) is 11.6 Å². The minimum Gasteiger partial charge on any atom is -0.354 e. The number of nitrogens with one attached hydrogen (secondary N) is 2. The van der Waals surface area contributed by atoms with Crippen LogP contribution in [0.4, 0.5) is 0 Å². The molecule has 20 heavy (non-hydrogen) atoms. The maximum absolute atomic E-state index is 8.86. The van der Waals surface area contributed by atoms with E-state index in [1.807, 2.05) is 18.2 Å². The quantitative estimate of drug-likeness (QED) is 0.475. The molecule has 0 aliphatic rings. The average molecular weight is 386 g/mol. The molecule has 4 nitrogen and oxygen atoms in total. The maximum atomic E-state index is 8.86. The summed E-state index contributed by atoms with van der Waals surface area (Å²) in [6.45, 7) is 7.12. The monoisotopic (exact) mass is 386 g/mol. The Hall–Kier alpha value is -1.29. The van der Waals surface area contributed by atoms with Crippen LogP contribution < -0.4 is 10.6 Å². The van der Waals surface area contributed by atoms with Gasteiger partial charge < -0.3 is 10.6 Å². The zero-order valence-corrected chi connectivity index (χ0v) is 14.8. The lowest BCUT2D eigenvalue weighted by Gasteiger charge is -2.20. The number of nitrogens with zero attached hydrogens (tertiary/aromatic N) is 2. The van der Waals surface area contributed by atoms with Gasteiger partial charge in [-0.25, -0.2) is 0 Å². The van der Waals surface area contributed by atoms with Gasteiger partial charge in [0, 0.05) is 19.6 Å². The van der Waals surface area contributed by atoms with Crippen molar-refractivity contribution in [3.63, 3.8) is 0 Å².